The lowest BCUT2D eigenvalue weighted by atomic mass is 10.1. The fourth-order valence-corrected chi connectivity index (χ4v) is 3.99. The molecule has 0 radical (unpaired) electrons. The van der Waals surface area contributed by atoms with Gasteiger partial charge in [0.05, 0.1) is 35.1 Å². The Morgan fingerprint density at radius 1 is 1.22 bits per heavy atom. The van der Waals surface area contributed by atoms with Crippen LogP contribution in [0.1, 0.15) is 82.2 Å². The second-order valence-corrected chi connectivity index (χ2v) is 10.6. The van der Waals surface area contributed by atoms with Crippen molar-refractivity contribution in [3.05, 3.63) is 41.2 Å². The number of hydrogen-bond acceptors (Lipinski definition) is 7. The third-order valence-electron chi connectivity index (χ3n) is 6.09. The Morgan fingerprint density at radius 3 is 2.58 bits per heavy atom. The van der Waals surface area contributed by atoms with Gasteiger partial charge in [0.2, 0.25) is 0 Å². The number of aryl methyl sites for hydroxylation is 1. The molecule has 0 aliphatic heterocycles. The highest BCUT2D eigenvalue weighted by molar-refractivity contribution is 5.96. The molecule has 192 valence electrons. The van der Waals surface area contributed by atoms with Gasteiger partial charge in [-0.2, -0.15) is 0 Å². The molecule has 1 aromatic carbocycles. The molecule has 1 aliphatic carbocycles. The van der Waals surface area contributed by atoms with Crippen LogP contribution in [0.15, 0.2) is 24.3 Å². The molecule has 0 bridgehead atoms. The lowest BCUT2D eigenvalue weighted by Crippen LogP contribution is -2.34. The van der Waals surface area contributed by atoms with Gasteiger partial charge in [0.1, 0.15) is 16.9 Å². The van der Waals surface area contributed by atoms with Crippen molar-refractivity contribution < 1.29 is 19.1 Å². The fraction of sp³-hybridized carbons (Fsp3) is 0.481. The number of anilines is 1. The van der Waals surface area contributed by atoms with Gasteiger partial charge in [-0.05, 0) is 73.4 Å². The highest BCUT2D eigenvalue weighted by Gasteiger charge is 2.38. The Labute approximate surface area is 211 Å². The molecule has 0 saturated heterocycles. The number of rotatable bonds is 7. The summed E-state index contributed by atoms with van der Waals surface area (Å²) in [5.74, 6) is 0.284. The molecule has 2 aromatic heterocycles. The first kappa shape index (κ1) is 25.5. The van der Waals surface area contributed by atoms with Crippen LogP contribution in [0.25, 0.3) is 22.3 Å². The monoisotopic (exact) mass is 493 g/mol. The summed E-state index contributed by atoms with van der Waals surface area (Å²) in [7, 11) is 0. The molecule has 1 saturated carbocycles. The van der Waals surface area contributed by atoms with E-state index in [1.807, 2.05) is 25.1 Å². The zero-order valence-electron chi connectivity index (χ0n) is 22.0. The van der Waals surface area contributed by atoms with Crippen molar-refractivity contribution in [2.45, 2.75) is 78.5 Å². The summed E-state index contributed by atoms with van der Waals surface area (Å²) >= 11 is 0. The van der Waals surface area contributed by atoms with Crippen LogP contribution in [0.2, 0.25) is 0 Å². The van der Waals surface area contributed by atoms with E-state index in [-0.39, 0.29) is 12.1 Å². The number of alkyl carbamates (subject to hydrolysis) is 1. The van der Waals surface area contributed by atoms with Gasteiger partial charge in [0.25, 0.3) is 0 Å². The standard InChI is InChI=1S/C27H35N5O4/c1-8-35-24(33)18-14-20(30-21(18)15(2)29-25(34)36-26(4,5)6)17-10-9-11-19-22(17)31-23(16(3)28-19)32-27(7)12-13-27/h9-11,14-15,30H,8,12-13H2,1-7H3,(H,29,34)(H,31,32)/t15-/m0/s1. The van der Waals surface area contributed by atoms with Crippen molar-refractivity contribution in [1.82, 2.24) is 20.3 Å². The Hall–Kier alpha value is -3.62. The molecule has 0 unspecified atom stereocenters. The highest BCUT2D eigenvalue weighted by atomic mass is 16.6. The van der Waals surface area contributed by atoms with E-state index in [1.54, 1.807) is 40.7 Å². The zero-order valence-corrected chi connectivity index (χ0v) is 22.0. The molecule has 1 amide bonds. The van der Waals surface area contributed by atoms with Gasteiger partial charge in [-0.25, -0.2) is 19.6 Å². The number of nitrogens with one attached hydrogen (secondary N) is 3. The predicted octanol–water partition coefficient (Wildman–Crippen LogP) is 5.66. The zero-order chi connectivity index (χ0) is 26.3. The topological polar surface area (TPSA) is 118 Å². The smallest absolute Gasteiger partial charge is 0.408 e. The number of esters is 1. The maximum absolute atomic E-state index is 12.8. The van der Waals surface area contributed by atoms with Crippen LogP contribution in [0.4, 0.5) is 10.6 Å². The second-order valence-electron chi connectivity index (χ2n) is 10.6. The maximum atomic E-state index is 12.8. The minimum Gasteiger partial charge on any atom is -0.462 e. The number of carbonyl (C=O) groups is 2. The summed E-state index contributed by atoms with van der Waals surface area (Å²) in [5.41, 5.74) is 4.06. The molecule has 3 aromatic rings. The predicted molar refractivity (Wildman–Crippen MR) is 139 cm³/mol. The SMILES string of the molecule is CCOC(=O)c1cc(-c2cccc3nc(C)c(NC4(C)CC4)nc23)[nH]c1[C@H](C)NC(=O)OC(C)(C)C. The van der Waals surface area contributed by atoms with E-state index < -0.39 is 23.7 Å². The summed E-state index contributed by atoms with van der Waals surface area (Å²) in [6.45, 7) is 13.3. The molecule has 1 atom stereocenters. The normalized spacial score (nSPS) is 15.3. The van der Waals surface area contributed by atoms with Crippen LogP contribution in [0.5, 0.6) is 0 Å². The molecule has 0 spiro atoms. The van der Waals surface area contributed by atoms with Crippen LogP contribution < -0.4 is 10.6 Å². The molecule has 1 fully saturated rings. The summed E-state index contributed by atoms with van der Waals surface area (Å²) in [6.07, 6.45) is 1.62. The fourth-order valence-electron chi connectivity index (χ4n) is 3.99. The van der Waals surface area contributed by atoms with E-state index in [2.05, 4.69) is 22.5 Å². The average molecular weight is 494 g/mol. The molecule has 4 rings (SSSR count). The number of nitrogens with zero attached hydrogens (tertiary/aromatic N) is 2. The van der Waals surface area contributed by atoms with E-state index in [0.717, 1.165) is 35.4 Å². The first-order valence-electron chi connectivity index (χ1n) is 12.3. The van der Waals surface area contributed by atoms with Crippen LogP contribution in [0.3, 0.4) is 0 Å². The van der Waals surface area contributed by atoms with Gasteiger partial charge < -0.3 is 25.1 Å². The summed E-state index contributed by atoms with van der Waals surface area (Å²) in [5, 5.41) is 6.33. The molecule has 9 heteroatoms. The van der Waals surface area contributed by atoms with Gasteiger partial charge in [-0.1, -0.05) is 12.1 Å². The molecule has 36 heavy (non-hydrogen) atoms. The number of H-pyrrole nitrogens is 1. The van der Waals surface area contributed by atoms with E-state index >= 15 is 0 Å². The van der Waals surface area contributed by atoms with Crippen molar-refractivity contribution in [3.63, 3.8) is 0 Å². The largest absolute Gasteiger partial charge is 0.462 e. The lowest BCUT2D eigenvalue weighted by molar-refractivity contribution is 0.0489. The number of hydrogen-bond donors (Lipinski definition) is 3. The molecule has 9 nitrogen and oxygen atoms in total. The third kappa shape index (κ3) is 5.61. The molecular formula is C27H35N5O4. The van der Waals surface area contributed by atoms with E-state index in [4.69, 9.17) is 19.4 Å². The van der Waals surface area contributed by atoms with Crippen molar-refractivity contribution in [3.8, 4) is 11.3 Å². The molecule has 1 aliphatic rings. The lowest BCUT2D eigenvalue weighted by Gasteiger charge is -2.22. The van der Waals surface area contributed by atoms with Gasteiger partial charge >= 0.3 is 12.1 Å². The minimum atomic E-state index is -0.641. The Morgan fingerprint density at radius 2 is 1.94 bits per heavy atom. The quantitative estimate of drug-likeness (QED) is 0.363. The molecule has 3 N–H and O–H groups in total. The second kappa shape index (κ2) is 9.44. The first-order chi connectivity index (χ1) is 16.9. The number of aromatic nitrogens is 3. The van der Waals surface area contributed by atoms with Crippen molar-refractivity contribution in [1.29, 1.82) is 0 Å². The third-order valence-corrected chi connectivity index (χ3v) is 6.09. The van der Waals surface area contributed by atoms with E-state index in [0.29, 0.717) is 22.5 Å². The number of amides is 1. The van der Waals surface area contributed by atoms with Crippen LogP contribution in [-0.2, 0) is 9.47 Å². The first-order valence-corrected chi connectivity index (χ1v) is 12.3. The number of fused-ring (bicyclic) bond motifs is 1. The van der Waals surface area contributed by atoms with Crippen LogP contribution in [0, 0.1) is 6.92 Å². The van der Waals surface area contributed by atoms with Gasteiger partial charge in [0.15, 0.2) is 0 Å². The van der Waals surface area contributed by atoms with Crippen LogP contribution in [-0.4, -0.2) is 44.8 Å². The number of carbonyl (C=O) groups excluding carboxylic acids is 2. The summed E-state index contributed by atoms with van der Waals surface area (Å²) in [4.78, 5) is 38.3. The van der Waals surface area contributed by atoms with Gasteiger partial charge in [-0.15, -0.1) is 0 Å². The number of ether oxygens (including phenoxy) is 2. The molecule has 2 heterocycles. The molecular weight excluding hydrogens is 458 g/mol. The van der Waals surface area contributed by atoms with Crippen molar-refractivity contribution >= 4 is 28.9 Å². The Bertz CT molecular complexity index is 1300. The number of benzene rings is 1. The highest BCUT2D eigenvalue weighted by Crippen LogP contribution is 2.39. The Balaban J connectivity index is 1.75. The Kier molecular flexibility index (Phi) is 6.68. The van der Waals surface area contributed by atoms with Gasteiger partial charge in [-0.3, -0.25) is 0 Å². The van der Waals surface area contributed by atoms with E-state index in [9.17, 15) is 9.59 Å². The summed E-state index contributed by atoms with van der Waals surface area (Å²) in [6, 6.07) is 6.97. The van der Waals surface area contributed by atoms with Crippen molar-refractivity contribution in [2.75, 3.05) is 11.9 Å². The number of aromatic amines is 1. The maximum Gasteiger partial charge on any atom is 0.408 e. The number of para-hydroxylation sites is 1. The van der Waals surface area contributed by atoms with Gasteiger partial charge in [0, 0.05) is 16.8 Å². The van der Waals surface area contributed by atoms with Crippen molar-refractivity contribution in [2.24, 2.45) is 0 Å². The summed E-state index contributed by atoms with van der Waals surface area (Å²) < 4.78 is 10.7. The van der Waals surface area contributed by atoms with Crippen LogP contribution >= 0.6 is 0 Å². The van der Waals surface area contributed by atoms with E-state index in [1.165, 1.54) is 0 Å². The minimum absolute atomic E-state index is 0.0571. The average Bonchev–Trinajstić information content (AvgIpc) is 3.33.